The highest BCUT2D eigenvalue weighted by Crippen LogP contribution is 2.25. The van der Waals surface area contributed by atoms with Crippen molar-refractivity contribution in [1.29, 1.82) is 0 Å². The minimum absolute atomic E-state index is 0.0765. The molecule has 0 amide bonds. The summed E-state index contributed by atoms with van der Waals surface area (Å²) in [5, 5.41) is 9.51. The average molecular weight is 238 g/mol. The summed E-state index contributed by atoms with van der Waals surface area (Å²) in [4.78, 5) is 11.4. The van der Waals surface area contributed by atoms with Crippen molar-refractivity contribution in [1.82, 2.24) is 0 Å². The van der Waals surface area contributed by atoms with Gasteiger partial charge >= 0.3 is 5.97 Å². The van der Waals surface area contributed by atoms with Crippen molar-refractivity contribution in [2.24, 2.45) is 5.92 Å². The van der Waals surface area contributed by atoms with Gasteiger partial charge in [0.15, 0.2) is 11.5 Å². The molecule has 1 rings (SSSR count). The maximum Gasteiger partial charge on any atom is 0.312 e. The Labute approximate surface area is 101 Å². The SMILES string of the molecule is CCCC(COc1ccccc1O)C(=O)OC. The summed E-state index contributed by atoms with van der Waals surface area (Å²) in [7, 11) is 1.37. The Morgan fingerprint density at radius 2 is 2.12 bits per heavy atom. The second kappa shape index (κ2) is 6.78. The number of methoxy groups -OCH3 is 1. The van der Waals surface area contributed by atoms with E-state index in [1.54, 1.807) is 24.3 Å². The third-order valence-electron chi connectivity index (χ3n) is 2.48. The summed E-state index contributed by atoms with van der Waals surface area (Å²) in [6, 6.07) is 6.69. The third-order valence-corrected chi connectivity index (χ3v) is 2.48. The lowest BCUT2D eigenvalue weighted by molar-refractivity contribution is -0.146. The van der Waals surface area contributed by atoms with Gasteiger partial charge in [0.25, 0.3) is 0 Å². The highest BCUT2D eigenvalue weighted by atomic mass is 16.5. The van der Waals surface area contributed by atoms with Crippen molar-refractivity contribution in [2.75, 3.05) is 13.7 Å². The molecule has 1 atom stereocenters. The van der Waals surface area contributed by atoms with E-state index in [-0.39, 0.29) is 24.2 Å². The minimum Gasteiger partial charge on any atom is -0.504 e. The number of rotatable bonds is 6. The van der Waals surface area contributed by atoms with Gasteiger partial charge in [-0.15, -0.1) is 0 Å². The Hall–Kier alpha value is -1.71. The zero-order chi connectivity index (χ0) is 12.7. The molecular weight excluding hydrogens is 220 g/mol. The lowest BCUT2D eigenvalue weighted by Crippen LogP contribution is -2.23. The summed E-state index contributed by atoms with van der Waals surface area (Å²) >= 11 is 0. The minimum atomic E-state index is -0.287. The number of carbonyl (C=O) groups is 1. The monoisotopic (exact) mass is 238 g/mol. The first-order chi connectivity index (χ1) is 8.19. The highest BCUT2D eigenvalue weighted by molar-refractivity contribution is 5.72. The number of hydrogen-bond acceptors (Lipinski definition) is 4. The van der Waals surface area contributed by atoms with E-state index in [0.717, 1.165) is 6.42 Å². The first-order valence-corrected chi connectivity index (χ1v) is 5.67. The van der Waals surface area contributed by atoms with Crippen LogP contribution >= 0.6 is 0 Å². The van der Waals surface area contributed by atoms with Gasteiger partial charge in [-0.25, -0.2) is 0 Å². The first-order valence-electron chi connectivity index (χ1n) is 5.67. The van der Waals surface area contributed by atoms with Crippen LogP contribution in [0.4, 0.5) is 0 Å². The number of hydrogen-bond donors (Lipinski definition) is 1. The number of phenols is 1. The maximum absolute atomic E-state index is 11.4. The summed E-state index contributed by atoms with van der Waals surface area (Å²) in [5.74, 6) is -0.100. The van der Waals surface area contributed by atoms with Gasteiger partial charge in [0, 0.05) is 0 Å². The lowest BCUT2D eigenvalue weighted by atomic mass is 10.1. The van der Waals surface area contributed by atoms with Gasteiger partial charge in [-0.05, 0) is 18.6 Å². The van der Waals surface area contributed by atoms with Gasteiger partial charge in [-0.1, -0.05) is 25.5 Å². The normalized spacial score (nSPS) is 11.9. The van der Waals surface area contributed by atoms with Crippen LogP contribution in [0.2, 0.25) is 0 Å². The van der Waals surface area contributed by atoms with Crippen molar-refractivity contribution in [3.8, 4) is 11.5 Å². The van der Waals surface area contributed by atoms with Gasteiger partial charge in [-0.3, -0.25) is 4.79 Å². The van der Waals surface area contributed by atoms with Gasteiger partial charge in [0.05, 0.1) is 13.0 Å². The van der Waals surface area contributed by atoms with Crippen LogP contribution in [0.1, 0.15) is 19.8 Å². The smallest absolute Gasteiger partial charge is 0.312 e. The van der Waals surface area contributed by atoms with Crippen LogP contribution in [0.5, 0.6) is 11.5 Å². The average Bonchev–Trinajstić information content (AvgIpc) is 2.35. The molecule has 4 nitrogen and oxygen atoms in total. The number of phenolic OH excluding ortho intramolecular Hbond substituents is 1. The Morgan fingerprint density at radius 3 is 2.71 bits per heavy atom. The molecule has 4 heteroatoms. The Bertz CT molecular complexity index is 362. The molecule has 0 saturated carbocycles. The molecule has 0 heterocycles. The molecule has 0 aliphatic heterocycles. The molecule has 1 unspecified atom stereocenters. The lowest BCUT2D eigenvalue weighted by Gasteiger charge is -2.15. The van der Waals surface area contributed by atoms with E-state index >= 15 is 0 Å². The summed E-state index contributed by atoms with van der Waals surface area (Å²) < 4.78 is 10.1. The first kappa shape index (κ1) is 13.4. The van der Waals surface area contributed by atoms with Crippen LogP contribution in [0.25, 0.3) is 0 Å². The summed E-state index contributed by atoms with van der Waals surface area (Å²) in [6.07, 6.45) is 1.59. The highest BCUT2D eigenvalue weighted by Gasteiger charge is 2.19. The summed E-state index contributed by atoms with van der Waals surface area (Å²) in [5.41, 5.74) is 0. The number of aromatic hydroxyl groups is 1. The maximum atomic E-state index is 11.4. The Kier molecular flexibility index (Phi) is 5.33. The van der Waals surface area contributed by atoms with Crippen molar-refractivity contribution in [2.45, 2.75) is 19.8 Å². The number of para-hydroxylation sites is 2. The van der Waals surface area contributed by atoms with Gasteiger partial charge in [0.2, 0.25) is 0 Å². The predicted molar refractivity (Wildman–Crippen MR) is 64.0 cm³/mol. The van der Waals surface area contributed by atoms with Gasteiger partial charge < -0.3 is 14.6 Å². The zero-order valence-corrected chi connectivity index (χ0v) is 10.2. The van der Waals surface area contributed by atoms with E-state index in [1.165, 1.54) is 7.11 Å². The number of esters is 1. The Morgan fingerprint density at radius 1 is 1.41 bits per heavy atom. The predicted octanol–water partition coefficient (Wildman–Crippen LogP) is 2.36. The molecule has 1 aromatic rings. The molecule has 0 aliphatic carbocycles. The number of carbonyl (C=O) groups excluding carboxylic acids is 1. The Balaban J connectivity index is 2.57. The van der Waals surface area contributed by atoms with E-state index in [0.29, 0.717) is 12.2 Å². The van der Waals surface area contributed by atoms with E-state index in [2.05, 4.69) is 0 Å². The zero-order valence-electron chi connectivity index (χ0n) is 10.2. The van der Waals surface area contributed by atoms with Crippen molar-refractivity contribution in [3.05, 3.63) is 24.3 Å². The molecule has 0 aliphatic rings. The fourth-order valence-electron chi connectivity index (χ4n) is 1.55. The van der Waals surface area contributed by atoms with E-state index in [9.17, 15) is 9.90 Å². The number of benzene rings is 1. The van der Waals surface area contributed by atoms with Crippen LogP contribution in [0.3, 0.4) is 0 Å². The third kappa shape index (κ3) is 3.98. The fraction of sp³-hybridized carbons (Fsp3) is 0.462. The summed E-state index contributed by atoms with van der Waals surface area (Å²) in [6.45, 7) is 2.22. The molecule has 1 N–H and O–H groups in total. The molecule has 1 aromatic carbocycles. The molecule has 94 valence electrons. The van der Waals surface area contributed by atoms with E-state index < -0.39 is 0 Å². The van der Waals surface area contributed by atoms with Crippen LogP contribution < -0.4 is 4.74 Å². The van der Waals surface area contributed by atoms with Gasteiger partial charge in [-0.2, -0.15) is 0 Å². The van der Waals surface area contributed by atoms with Crippen molar-refractivity contribution in [3.63, 3.8) is 0 Å². The van der Waals surface area contributed by atoms with Gasteiger partial charge in [0.1, 0.15) is 6.61 Å². The second-order valence-corrected chi connectivity index (χ2v) is 3.79. The molecule has 0 spiro atoms. The fourth-order valence-corrected chi connectivity index (χ4v) is 1.55. The second-order valence-electron chi connectivity index (χ2n) is 3.79. The molecule has 0 bridgehead atoms. The van der Waals surface area contributed by atoms with Crippen LogP contribution in [-0.4, -0.2) is 24.8 Å². The van der Waals surface area contributed by atoms with E-state index in [1.807, 2.05) is 6.92 Å². The molecule has 0 fully saturated rings. The van der Waals surface area contributed by atoms with Crippen LogP contribution in [0.15, 0.2) is 24.3 Å². The molecule has 17 heavy (non-hydrogen) atoms. The molecule has 0 radical (unpaired) electrons. The quantitative estimate of drug-likeness (QED) is 0.773. The largest absolute Gasteiger partial charge is 0.504 e. The molecule has 0 aromatic heterocycles. The topological polar surface area (TPSA) is 55.8 Å². The van der Waals surface area contributed by atoms with E-state index in [4.69, 9.17) is 9.47 Å². The van der Waals surface area contributed by atoms with Crippen molar-refractivity contribution < 1.29 is 19.4 Å². The standard InChI is InChI=1S/C13H18O4/c1-3-6-10(13(15)16-2)9-17-12-8-5-4-7-11(12)14/h4-5,7-8,10,14H,3,6,9H2,1-2H3. The molecule has 0 saturated heterocycles. The number of ether oxygens (including phenoxy) is 2. The van der Waals surface area contributed by atoms with Crippen LogP contribution in [-0.2, 0) is 9.53 Å². The van der Waals surface area contributed by atoms with Crippen LogP contribution in [0, 0.1) is 5.92 Å². The molecular formula is C13H18O4. The van der Waals surface area contributed by atoms with Crippen molar-refractivity contribution >= 4 is 5.97 Å².